The first-order valence-electron chi connectivity index (χ1n) is 10.1. The normalized spacial score (nSPS) is 13.1. The largest absolute Gasteiger partial charge is 0.459 e. The van der Waals surface area contributed by atoms with Crippen LogP contribution in [0.15, 0.2) is 53.4 Å². The summed E-state index contributed by atoms with van der Waals surface area (Å²) in [4.78, 5) is 35.9. The van der Waals surface area contributed by atoms with Crippen LogP contribution in [0.2, 0.25) is 0 Å². The first-order chi connectivity index (χ1) is 15.9. The molecule has 2 rings (SSSR count). The molecule has 0 aromatic heterocycles. The molecule has 0 spiro atoms. The zero-order chi connectivity index (χ0) is 25.5. The van der Waals surface area contributed by atoms with E-state index < -0.39 is 52.4 Å². The third-order valence-corrected chi connectivity index (χ3v) is 5.69. The second-order valence-electron chi connectivity index (χ2n) is 7.48. The highest BCUT2D eigenvalue weighted by atomic mass is 32.2. The number of hydrogen-bond donors (Lipinski definition) is 3. The van der Waals surface area contributed by atoms with E-state index in [4.69, 9.17) is 9.47 Å². The molecule has 0 aliphatic rings. The molecule has 0 bridgehead atoms. The molecular weight excluding hydrogens is 471 g/mol. The lowest BCUT2D eigenvalue weighted by atomic mass is 10.2. The fourth-order valence-electron chi connectivity index (χ4n) is 2.59. The molecule has 3 N–H and O–H groups in total. The van der Waals surface area contributed by atoms with Gasteiger partial charge >= 0.3 is 11.9 Å². The third-order valence-electron chi connectivity index (χ3n) is 4.24. The van der Waals surface area contributed by atoms with E-state index in [0.29, 0.717) is 5.69 Å². The SMILES string of the molecule is CC(C)OC(=O)c1ccc(NC(=O)COC(=O)[C@H](NS(=O)(=O)c2ccc(F)cc2)[C@H](C)O)cc1. The van der Waals surface area contributed by atoms with Gasteiger partial charge in [-0.1, -0.05) is 0 Å². The van der Waals surface area contributed by atoms with Crippen molar-refractivity contribution in [3.63, 3.8) is 0 Å². The van der Waals surface area contributed by atoms with Gasteiger partial charge in [0.2, 0.25) is 10.0 Å². The summed E-state index contributed by atoms with van der Waals surface area (Å²) < 4.78 is 49.7. The van der Waals surface area contributed by atoms with Gasteiger partial charge in [-0.05, 0) is 69.3 Å². The van der Waals surface area contributed by atoms with Crippen LogP contribution in [0, 0.1) is 5.82 Å². The Hall–Kier alpha value is -3.35. The summed E-state index contributed by atoms with van der Waals surface area (Å²) in [6, 6.07) is 7.90. The summed E-state index contributed by atoms with van der Waals surface area (Å²) in [5.74, 6) is -3.10. The molecule has 0 aliphatic heterocycles. The lowest BCUT2D eigenvalue weighted by molar-refractivity contribution is -0.151. The van der Waals surface area contributed by atoms with Gasteiger partial charge < -0.3 is 19.9 Å². The van der Waals surface area contributed by atoms with E-state index in [0.717, 1.165) is 31.2 Å². The number of aliphatic hydroxyl groups excluding tert-OH is 1. The van der Waals surface area contributed by atoms with Crippen molar-refractivity contribution in [2.24, 2.45) is 0 Å². The maximum absolute atomic E-state index is 13.0. The fraction of sp³-hybridized carbons (Fsp3) is 0.318. The van der Waals surface area contributed by atoms with E-state index in [-0.39, 0.29) is 16.6 Å². The van der Waals surface area contributed by atoms with E-state index in [2.05, 4.69) is 5.32 Å². The van der Waals surface area contributed by atoms with Crippen molar-refractivity contribution in [2.45, 2.75) is 43.9 Å². The van der Waals surface area contributed by atoms with Crippen LogP contribution >= 0.6 is 0 Å². The number of esters is 2. The van der Waals surface area contributed by atoms with Gasteiger partial charge in [0, 0.05) is 5.69 Å². The van der Waals surface area contributed by atoms with Gasteiger partial charge in [-0.3, -0.25) is 9.59 Å². The number of nitrogens with one attached hydrogen (secondary N) is 2. The summed E-state index contributed by atoms with van der Waals surface area (Å²) in [6.07, 6.45) is -1.78. The second kappa shape index (κ2) is 11.7. The molecule has 34 heavy (non-hydrogen) atoms. The minimum Gasteiger partial charge on any atom is -0.459 e. The highest BCUT2D eigenvalue weighted by molar-refractivity contribution is 7.89. The molecule has 184 valence electrons. The Kier molecular flexibility index (Phi) is 9.24. The summed E-state index contributed by atoms with van der Waals surface area (Å²) in [7, 11) is -4.29. The number of anilines is 1. The minimum atomic E-state index is -4.29. The number of rotatable bonds is 10. The van der Waals surface area contributed by atoms with Crippen LogP contribution in [-0.2, 0) is 29.1 Å². The first kappa shape index (κ1) is 26.9. The summed E-state index contributed by atoms with van der Waals surface area (Å²) >= 11 is 0. The lowest BCUT2D eigenvalue weighted by Crippen LogP contribution is -2.48. The molecule has 12 heteroatoms. The van der Waals surface area contributed by atoms with Crippen LogP contribution in [0.5, 0.6) is 0 Å². The monoisotopic (exact) mass is 496 g/mol. The number of carbonyl (C=O) groups excluding carboxylic acids is 3. The summed E-state index contributed by atoms with van der Waals surface area (Å²) in [5.41, 5.74) is 0.595. The smallest absolute Gasteiger partial charge is 0.338 e. The maximum Gasteiger partial charge on any atom is 0.338 e. The average Bonchev–Trinajstić information content (AvgIpc) is 2.76. The number of sulfonamides is 1. The maximum atomic E-state index is 13.0. The van der Waals surface area contributed by atoms with Crippen molar-refractivity contribution in [3.8, 4) is 0 Å². The van der Waals surface area contributed by atoms with Gasteiger partial charge in [0.15, 0.2) is 6.61 Å². The van der Waals surface area contributed by atoms with Gasteiger partial charge in [-0.2, -0.15) is 4.72 Å². The minimum absolute atomic E-state index is 0.284. The molecule has 1 amide bonds. The topological polar surface area (TPSA) is 148 Å². The molecule has 2 aromatic carbocycles. The number of aliphatic hydroxyl groups is 1. The summed E-state index contributed by atoms with van der Waals surface area (Å²) in [6.45, 7) is 3.82. The first-order valence-corrected chi connectivity index (χ1v) is 11.6. The molecule has 0 heterocycles. The van der Waals surface area contributed by atoms with Crippen LogP contribution in [0.1, 0.15) is 31.1 Å². The van der Waals surface area contributed by atoms with Crippen molar-refractivity contribution in [1.29, 1.82) is 0 Å². The van der Waals surface area contributed by atoms with E-state index in [1.807, 2.05) is 4.72 Å². The Bertz CT molecular complexity index is 1120. The number of amides is 1. The molecule has 0 radical (unpaired) electrons. The highest BCUT2D eigenvalue weighted by Crippen LogP contribution is 2.13. The highest BCUT2D eigenvalue weighted by Gasteiger charge is 2.31. The van der Waals surface area contributed by atoms with Crippen molar-refractivity contribution in [2.75, 3.05) is 11.9 Å². The Balaban J connectivity index is 1.95. The van der Waals surface area contributed by atoms with Gasteiger partial charge in [0.25, 0.3) is 5.91 Å². The van der Waals surface area contributed by atoms with E-state index in [1.54, 1.807) is 13.8 Å². The number of benzene rings is 2. The number of carbonyl (C=O) groups is 3. The van der Waals surface area contributed by atoms with Gasteiger partial charge in [-0.15, -0.1) is 0 Å². The van der Waals surface area contributed by atoms with Crippen LogP contribution in [-0.4, -0.2) is 56.2 Å². The number of ether oxygens (including phenoxy) is 2. The van der Waals surface area contributed by atoms with E-state index in [1.165, 1.54) is 24.3 Å². The van der Waals surface area contributed by atoms with Gasteiger partial charge in [-0.25, -0.2) is 17.6 Å². The average molecular weight is 497 g/mol. The van der Waals surface area contributed by atoms with Crippen LogP contribution in [0.3, 0.4) is 0 Å². The van der Waals surface area contributed by atoms with Crippen LogP contribution in [0.25, 0.3) is 0 Å². The molecule has 10 nitrogen and oxygen atoms in total. The predicted octanol–water partition coefficient (Wildman–Crippen LogP) is 1.60. The standard InChI is InChI=1S/C22H25FN2O8S/c1-13(2)33-21(28)15-4-8-17(9-5-15)24-19(27)12-32-22(29)20(14(3)26)25-34(30,31)18-10-6-16(23)7-11-18/h4-11,13-14,20,25-26H,12H2,1-3H3,(H,24,27)/t14-,20+/m0/s1. The van der Waals surface area contributed by atoms with Crippen molar-refractivity contribution in [1.82, 2.24) is 4.72 Å². The number of hydrogen-bond acceptors (Lipinski definition) is 8. The molecule has 0 saturated heterocycles. The van der Waals surface area contributed by atoms with Crippen LogP contribution < -0.4 is 10.0 Å². The van der Waals surface area contributed by atoms with Gasteiger partial charge in [0.05, 0.1) is 22.7 Å². The van der Waals surface area contributed by atoms with E-state index in [9.17, 15) is 32.3 Å². The molecular formula is C22H25FN2O8S. The number of halogens is 1. The summed E-state index contributed by atoms with van der Waals surface area (Å²) in [5, 5.41) is 12.3. The Morgan fingerprint density at radius 2 is 1.59 bits per heavy atom. The second-order valence-corrected chi connectivity index (χ2v) is 9.19. The molecule has 0 unspecified atom stereocenters. The van der Waals surface area contributed by atoms with Crippen LogP contribution in [0.4, 0.5) is 10.1 Å². The van der Waals surface area contributed by atoms with Crippen molar-refractivity contribution >= 4 is 33.6 Å². The lowest BCUT2D eigenvalue weighted by Gasteiger charge is -2.20. The molecule has 0 aliphatic carbocycles. The zero-order valence-electron chi connectivity index (χ0n) is 18.6. The Labute approximate surface area is 196 Å². The fourth-order valence-corrected chi connectivity index (χ4v) is 3.85. The molecule has 2 atom stereocenters. The molecule has 0 fully saturated rings. The molecule has 0 saturated carbocycles. The third kappa shape index (κ3) is 7.90. The van der Waals surface area contributed by atoms with E-state index >= 15 is 0 Å². The Morgan fingerprint density at radius 1 is 1.00 bits per heavy atom. The molecule has 2 aromatic rings. The van der Waals surface area contributed by atoms with Crippen molar-refractivity contribution < 1.29 is 41.8 Å². The van der Waals surface area contributed by atoms with Crippen molar-refractivity contribution in [3.05, 3.63) is 59.9 Å². The predicted molar refractivity (Wildman–Crippen MR) is 119 cm³/mol. The quantitative estimate of drug-likeness (QED) is 0.420. The van der Waals surface area contributed by atoms with Gasteiger partial charge in [0.1, 0.15) is 11.9 Å². The zero-order valence-corrected chi connectivity index (χ0v) is 19.5. The Morgan fingerprint density at radius 3 is 2.12 bits per heavy atom.